The van der Waals surface area contributed by atoms with Crippen LogP contribution < -0.4 is 0 Å². The van der Waals surface area contributed by atoms with Crippen LogP contribution in [0, 0.1) is 0 Å². The number of amides is 1. The quantitative estimate of drug-likeness (QED) is 0.770. The van der Waals surface area contributed by atoms with Crippen LogP contribution in [0.3, 0.4) is 0 Å². The van der Waals surface area contributed by atoms with E-state index in [1.807, 2.05) is 36.1 Å². The van der Waals surface area contributed by atoms with Crippen LogP contribution in [0.15, 0.2) is 24.3 Å². The Balaban J connectivity index is 1.81. The number of carbonyl (C=O) groups is 2. The first-order chi connectivity index (χ1) is 11.2. The third kappa shape index (κ3) is 3.39. The summed E-state index contributed by atoms with van der Waals surface area (Å²) in [7, 11) is 0. The zero-order valence-electron chi connectivity index (χ0n) is 13.5. The minimum Gasteiger partial charge on any atom is -0.465 e. The van der Waals surface area contributed by atoms with Gasteiger partial charge in [-0.15, -0.1) is 11.8 Å². The Bertz CT molecular complexity index is 583. The molecule has 5 heteroatoms. The summed E-state index contributed by atoms with van der Waals surface area (Å²) in [6, 6.07) is 8.09. The molecule has 0 spiro atoms. The van der Waals surface area contributed by atoms with Gasteiger partial charge in [-0.25, -0.2) is 0 Å². The summed E-state index contributed by atoms with van der Waals surface area (Å²) < 4.78 is 5.03. The van der Waals surface area contributed by atoms with Gasteiger partial charge in [-0.2, -0.15) is 0 Å². The van der Waals surface area contributed by atoms with E-state index in [1.165, 1.54) is 31.0 Å². The number of fused-ring (bicyclic) bond motifs is 1. The summed E-state index contributed by atoms with van der Waals surface area (Å²) in [4.78, 5) is 26.6. The van der Waals surface area contributed by atoms with Crippen molar-refractivity contribution in [2.75, 3.05) is 12.4 Å². The van der Waals surface area contributed by atoms with Gasteiger partial charge >= 0.3 is 5.97 Å². The van der Waals surface area contributed by atoms with Crippen LogP contribution in [0.5, 0.6) is 0 Å². The average Bonchev–Trinajstić information content (AvgIpc) is 2.87. The fourth-order valence-corrected chi connectivity index (χ4v) is 4.73. The summed E-state index contributed by atoms with van der Waals surface area (Å²) in [6.07, 6.45) is 5.75. The lowest BCUT2D eigenvalue weighted by molar-refractivity contribution is -0.139. The number of esters is 1. The highest BCUT2D eigenvalue weighted by molar-refractivity contribution is 8.00. The molecule has 23 heavy (non-hydrogen) atoms. The van der Waals surface area contributed by atoms with Gasteiger partial charge in [0.05, 0.1) is 12.4 Å². The van der Waals surface area contributed by atoms with Crippen LogP contribution in [-0.4, -0.2) is 35.2 Å². The molecule has 0 bridgehead atoms. The normalized spacial score (nSPS) is 21.3. The highest BCUT2D eigenvalue weighted by Gasteiger charge is 2.41. The fraction of sp³-hybridized carbons (Fsp3) is 0.556. The van der Waals surface area contributed by atoms with Crippen molar-refractivity contribution in [3.63, 3.8) is 0 Å². The molecule has 0 aromatic heterocycles. The van der Waals surface area contributed by atoms with Crippen molar-refractivity contribution < 1.29 is 14.3 Å². The standard InChI is InChI=1S/C18H23NO3S/c1-2-22-16(20)12-23-18-15-11-7-6-10-14(15)17(21)19(18)13-8-4-3-5-9-13/h6-7,10-11,13,18H,2-5,8-9,12H2,1H3. The van der Waals surface area contributed by atoms with Gasteiger partial charge in [-0.05, 0) is 31.4 Å². The van der Waals surface area contributed by atoms with Crippen LogP contribution in [0.4, 0.5) is 0 Å². The first-order valence-corrected chi connectivity index (χ1v) is 9.46. The second-order valence-electron chi connectivity index (χ2n) is 6.06. The van der Waals surface area contributed by atoms with Crippen LogP contribution in [-0.2, 0) is 9.53 Å². The molecule has 1 aliphatic carbocycles. The minimum absolute atomic E-state index is 0.0637. The first-order valence-electron chi connectivity index (χ1n) is 8.41. The zero-order valence-corrected chi connectivity index (χ0v) is 14.3. The molecule has 4 nitrogen and oxygen atoms in total. The van der Waals surface area contributed by atoms with Crippen molar-refractivity contribution >= 4 is 23.6 Å². The maximum atomic E-state index is 12.9. The van der Waals surface area contributed by atoms with Crippen molar-refractivity contribution in [1.29, 1.82) is 0 Å². The van der Waals surface area contributed by atoms with Crippen LogP contribution in [0.2, 0.25) is 0 Å². The second-order valence-corrected chi connectivity index (χ2v) is 7.13. The van der Waals surface area contributed by atoms with E-state index in [0.29, 0.717) is 12.6 Å². The second kappa shape index (κ2) is 7.39. The number of hydrogen-bond donors (Lipinski definition) is 0. The lowest BCUT2D eigenvalue weighted by Gasteiger charge is -2.35. The SMILES string of the molecule is CCOC(=O)CSC1c2ccccc2C(=O)N1C1CCCCC1. The van der Waals surface area contributed by atoms with Crippen LogP contribution in [0.25, 0.3) is 0 Å². The molecule has 0 N–H and O–H groups in total. The topological polar surface area (TPSA) is 46.6 Å². The number of thioether (sulfide) groups is 1. The third-order valence-electron chi connectivity index (χ3n) is 4.58. The van der Waals surface area contributed by atoms with Gasteiger partial charge in [0, 0.05) is 11.6 Å². The Morgan fingerprint density at radius 3 is 2.74 bits per heavy atom. The Morgan fingerprint density at radius 1 is 1.26 bits per heavy atom. The van der Waals surface area contributed by atoms with E-state index in [-0.39, 0.29) is 23.0 Å². The van der Waals surface area contributed by atoms with Gasteiger partial charge < -0.3 is 9.64 Å². The van der Waals surface area contributed by atoms with Gasteiger partial charge in [0.1, 0.15) is 5.37 Å². The van der Waals surface area contributed by atoms with E-state index in [2.05, 4.69) is 0 Å². The van der Waals surface area contributed by atoms with E-state index in [9.17, 15) is 9.59 Å². The van der Waals surface area contributed by atoms with E-state index < -0.39 is 0 Å². The first kappa shape index (κ1) is 16.4. The Hall–Kier alpha value is -1.49. The van der Waals surface area contributed by atoms with E-state index >= 15 is 0 Å². The predicted molar refractivity (Wildman–Crippen MR) is 91.3 cm³/mol. The molecule has 124 valence electrons. The summed E-state index contributed by atoms with van der Waals surface area (Å²) in [5, 5.41) is -0.0637. The highest BCUT2D eigenvalue weighted by Crippen LogP contribution is 2.44. The van der Waals surface area contributed by atoms with Gasteiger partial charge in [0.15, 0.2) is 0 Å². The molecule has 1 aliphatic heterocycles. The molecular weight excluding hydrogens is 310 g/mol. The van der Waals surface area contributed by atoms with E-state index in [0.717, 1.165) is 24.0 Å². The Morgan fingerprint density at radius 2 is 2.00 bits per heavy atom. The summed E-state index contributed by atoms with van der Waals surface area (Å²) in [6.45, 7) is 2.21. The molecule has 1 amide bonds. The molecule has 1 aromatic carbocycles. The number of ether oxygens (including phenoxy) is 1. The zero-order chi connectivity index (χ0) is 16.2. The van der Waals surface area contributed by atoms with Crippen LogP contribution in [0.1, 0.15) is 60.3 Å². The number of benzene rings is 1. The smallest absolute Gasteiger partial charge is 0.315 e. The Labute approximate surface area is 141 Å². The maximum absolute atomic E-state index is 12.9. The summed E-state index contributed by atoms with van der Waals surface area (Å²) in [5.41, 5.74) is 1.83. The molecule has 1 aromatic rings. The highest BCUT2D eigenvalue weighted by atomic mass is 32.2. The van der Waals surface area contributed by atoms with Gasteiger partial charge in [-0.1, -0.05) is 37.5 Å². The number of rotatable bonds is 5. The van der Waals surface area contributed by atoms with E-state index in [4.69, 9.17) is 4.74 Å². The van der Waals surface area contributed by atoms with Crippen molar-refractivity contribution in [2.24, 2.45) is 0 Å². The minimum atomic E-state index is -0.210. The number of nitrogens with zero attached hydrogens (tertiary/aromatic N) is 1. The Kier molecular flexibility index (Phi) is 5.26. The largest absolute Gasteiger partial charge is 0.465 e. The molecule has 3 rings (SSSR count). The maximum Gasteiger partial charge on any atom is 0.315 e. The molecule has 1 fully saturated rings. The van der Waals surface area contributed by atoms with Crippen molar-refractivity contribution in [1.82, 2.24) is 4.90 Å². The average molecular weight is 333 g/mol. The summed E-state index contributed by atoms with van der Waals surface area (Å²) in [5.74, 6) is 0.190. The number of carbonyl (C=O) groups excluding carboxylic acids is 2. The monoisotopic (exact) mass is 333 g/mol. The molecule has 1 unspecified atom stereocenters. The molecule has 0 radical (unpaired) electrons. The lowest BCUT2D eigenvalue weighted by atomic mass is 9.94. The predicted octanol–water partition coefficient (Wildman–Crippen LogP) is 3.77. The van der Waals surface area contributed by atoms with Gasteiger partial charge in [-0.3, -0.25) is 9.59 Å². The molecule has 0 saturated heterocycles. The molecule has 1 saturated carbocycles. The fourth-order valence-electron chi connectivity index (χ4n) is 3.54. The van der Waals surface area contributed by atoms with Crippen LogP contribution >= 0.6 is 11.8 Å². The van der Waals surface area contributed by atoms with E-state index in [1.54, 1.807) is 0 Å². The van der Waals surface area contributed by atoms with Gasteiger partial charge in [0.2, 0.25) is 0 Å². The molecule has 1 heterocycles. The number of hydrogen-bond acceptors (Lipinski definition) is 4. The van der Waals surface area contributed by atoms with Gasteiger partial charge in [0.25, 0.3) is 5.91 Å². The molecule has 2 aliphatic rings. The van der Waals surface area contributed by atoms with Crippen molar-refractivity contribution in [2.45, 2.75) is 50.4 Å². The third-order valence-corrected chi connectivity index (χ3v) is 5.78. The molecule has 1 atom stereocenters. The molecular formula is C18H23NO3S. The van der Waals surface area contributed by atoms with Crippen molar-refractivity contribution in [3.8, 4) is 0 Å². The lowest BCUT2D eigenvalue weighted by Crippen LogP contribution is -2.39. The summed E-state index contributed by atoms with van der Waals surface area (Å²) >= 11 is 1.51. The van der Waals surface area contributed by atoms with Crippen molar-refractivity contribution in [3.05, 3.63) is 35.4 Å².